The van der Waals surface area contributed by atoms with Crippen molar-refractivity contribution in [3.63, 3.8) is 0 Å². The number of ether oxygens (including phenoxy) is 2. The molecule has 0 saturated carbocycles. The van der Waals surface area contributed by atoms with Crippen LogP contribution in [0.1, 0.15) is 32.9 Å². The zero-order valence-corrected chi connectivity index (χ0v) is 15.1. The van der Waals surface area contributed by atoms with Gasteiger partial charge in [0.25, 0.3) is 0 Å². The Kier molecular flexibility index (Phi) is 5.13. The van der Waals surface area contributed by atoms with Crippen LogP contribution in [0.4, 0.5) is 4.79 Å². The first kappa shape index (κ1) is 18.2. The number of rotatable bonds is 5. The second-order valence-corrected chi connectivity index (χ2v) is 7.18. The molecule has 26 heavy (non-hydrogen) atoms. The van der Waals surface area contributed by atoms with Gasteiger partial charge in [0, 0.05) is 24.4 Å². The van der Waals surface area contributed by atoms with E-state index in [4.69, 9.17) is 19.1 Å². The number of hydrogen-bond donors (Lipinski definition) is 1. The second-order valence-electron chi connectivity index (χ2n) is 7.18. The third-order valence-corrected chi connectivity index (χ3v) is 3.93. The van der Waals surface area contributed by atoms with Crippen molar-refractivity contribution in [1.29, 1.82) is 0 Å². The van der Waals surface area contributed by atoms with Gasteiger partial charge in [-0.3, -0.25) is 4.98 Å². The molecule has 140 valence electrons. The number of likely N-dealkylation sites (tertiary alicyclic amines) is 1. The van der Waals surface area contributed by atoms with Crippen molar-refractivity contribution < 1.29 is 23.9 Å². The summed E-state index contributed by atoms with van der Waals surface area (Å²) < 4.78 is 16.4. The topological polar surface area (TPSA) is 97.9 Å². The van der Waals surface area contributed by atoms with Gasteiger partial charge in [0.1, 0.15) is 23.7 Å². The number of carbonyl (C=O) groups is 1. The van der Waals surface area contributed by atoms with E-state index in [9.17, 15) is 4.79 Å². The lowest BCUT2D eigenvalue weighted by Gasteiger charge is -2.40. The van der Waals surface area contributed by atoms with Gasteiger partial charge in [-0.2, -0.15) is 0 Å². The number of carbonyl (C=O) groups excluding carboxylic acids is 1. The molecule has 3 heterocycles. The van der Waals surface area contributed by atoms with E-state index in [1.807, 2.05) is 20.8 Å². The van der Waals surface area contributed by atoms with Gasteiger partial charge < -0.3 is 24.0 Å². The lowest BCUT2D eigenvalue weighted by molar-refractivity contribution is -0.0141. The largest absolute Gasteiger partial charge is 0.490 e. The Balaban J connectivity index is 1.58. The summed E-state index contributed by atoms with van der Waals surface area (Å²) in [6, 6.07) is 3.42. The molecule has 3 rings (SSSR count). The highest BCUT2D eigenvalue weighted by Crippen LogP contribution is 2.25. The highest BCUT2D eigenvalue weighted by atomic mass is 16.6. The predicted octanol–water partition coefficient (Wildman–Crippen LogP) is 2.62. The number of aliphatic hydroxyl groups is 1. The zero-order chi connectivity index (χ0) is 18.7. The molecular formula is C18H23N3O5. The third-order valence-electron chi connectivity index (χ3n) is 3.93. The highest BCUT2D eigenvalue weighted by molar-refractivity contribution is 5.69. The minimum atomic E-state index is -0.513. The maximum Gasteiger partial charge on any atom is 0.410 e. The van der Waals surface area contributed by atoms with Gasteiger partial charge >= 0.3 is 6.09 Å². The number of nitrogens with zero attached hydrogens (tertiary/aromatic N) is 3. The summed E-state index contributed by atoms with van der Waals surface area (Å²) in [5.41, 5.74) is 0.641. The maximum absolute atomic E-state index is 12.1. The standard InChI is InChI=1S/C18H23N3O5/c1-18(2,3)25-17(23)21-5-4-14(21)11-24-15-6-12(8-19-9-15)16-7-13(10-22)20-26-16/h6-9,14,22H,4-5,10-11H2,1-3H3/t14-/m0/s1. The number of aromatic nitrogens is 2. The average molecular weight is 361 g/mol. The van der Waals surface area contributed by atoms with E-state index >= 15 is 0 Å². The predicted molar refractivity (Wildman–Crippen MR) is 92.5 cm³/mol. The van der Waals surface area contributed by atoms with Gasteiger partial charge in [0.05, 0.1) is 18.8 Å². The summed E-state index contributed by atoms with van der Waals surface area (Å²) in [6.07, 6.45) is 3.78. The Bertz CT molecular complexity index is 768. The van der Waals surface area contributed by atoms with Gasteiger partial charge in [-0.1, -0.05) is 5.16 Å². The lowest BCUT2D eigenvalue weighted by atomic mass is 10.1. The van der Waals surface area contributed by atoms with Crippen LogP contribution in [0.5, 0.6) is 5.75 Å². The van der Waals surface area contributed by atoms with Crippen LogP contribution in [0.2, 0.25) is 0 Å². The van der Waals surface area contributed by atoms with Crippen LogP contribution in [0, 0.1) is 0 Å². The fourth-order valence-electron chi connectivity index (χ4n) is 2.52. The fourth-order valence-corrected chi connectivity index (χ4v) is 2.52. The number of amides is 1. The van der Waals surface area contributed by atoms with Gasteiger partial charge in [0.15, 0.2) is 5.76 Å². The van der Waals surface area contributed by atoms with E-state index in [2.05, 4.69) is 10.1 Å². The summed E-state index contributed by atoms with van der Waals surface area (Å²) in [5, 5.41) is 12.8. The first-order valence-electron chi connectivity index (χ1n) is 8.50. The Morgan fingerprint density at radius 2 is 2.19 bits per heavy atom. The first-order chi connectivity index (χ1) is 12.4. The van der Waals surface area contributed by atoms with Crippen LogP contribution in [0.15, 0.2) is 29.0 Å². The van der Waals surface area contributed by atoms with Crippen molar-refractivity contribution in [2.75, 3.05) is 13.2 Å². The smallest absolute Gasteiger partial charge is 0.410 e. The molecule has 0 bridgehead atoms. The van der Waals surface area contributed by atoms with Crippen molar-refractivity contribution in [2.45, 2.75) is 45.4 Å². The van der Waals surface area contributed by atoms with Crippen LogP contribution in [-0.2, 0) is 11.3 Å². The van der Waals surface area contributed by atoms with Gasteiger partial charge in [0.2, 0.25) is 0 Å². The molecule has 2 aromatic heterocycles. The molecule has 8 nitrogen and oxygen atoms in total. The van der Waals surface area contributed by atoms with E-state index < -0.39 is 5.60 Å². The molecule has 2 aromatic rings. The molecule has 0 unspecified atom stereocenters. The second kappa shape index (κ2) is 7.33. The molecule has 0 radical (unpaired) electrons. The molecule has 1 aliphatic rings. The van der Waals surface area contributed by atoms with E-state index in [1.54, 1.807) is 29.4 Å². The molecule has 1 N–H and O–H groups in total. The highest BCUT2D eigenvalue weighted by Gasteiger charge is 2.35. The fraction of sp³-hybridized carbons (Fsp3) is 0.500. The van der Waals surface area contributed by atoms with E-state index in [-0.39, 0.29) is 18.7 Å². The van der Waals surface area contributed by atoms with E-state index in [0.29, 0.717) is 35.9 Å². The van der Waals surface area contributed by atoms with Crippen molar-refractivity contribution >= 4 is 6.09 Å². The van der Waals surface area contributed by atoms with Crippen molar-refractivity contribution in [3.8, 4) is 17.1 Å². The minimum Gasteiger partial charge on any atom is -0.490 e. The van der Waals surface area contributed by atoms with Crippen LogP contribution in [-0.4, -0.2) is 51.0 Å². The molecule has 0 spiro atoms. The van der Waals surface area contributed by atoms with Crippen LogP contribution in [0.3, 0.4) is 0 Å². The number of pyridine rings is 1. The molecule has 1 fully saturated rings. The SMILES string of the molecule is CC(C)(C)OC(=O)N1CC[C@H]1COc1cncc(-c2cc(CO)no2)c1. The summed E-state index contributed by atoms with van der Waals surface area (Å²) in [7, 11) is 0. The monoisotopic (exact) mass is 361 g/mol. The molecule has 0 aromatic carbocycles. The normalized spacial score (nSPS) is 16.9. The Morgan fingerprint density at radius 1 is 1.38 bits per heavy atom. The molecule has 1 amide bonds. The summed E-state index contributed by atoms with van der Waals surface area (Å²) in [4.78, 5) is 17.9. The minimum absolute atomic E-state index is 0.0141. The van der Waals surface area contributed by atoms with Gasteiger partial charge in [-0.25, -0.2) is 4.79 Å². The van der Waals surface area contributed by atoms with E-state index in [1.165, 1.54) is 0 Å². The summed E-state index contributed by atoms with van der Waals surface area (Å²) >= 11 is 0. The Morgan fingerprint density at radius 3 is 2.81 bits per heavy atom. The molecule has 0 aliphatic carbocycles. The van der Waals surface area contributed by atoms with Gasteiger partial charge in [-0.05, 0) is 33.3 Å². The molecule has 1 aliphatic heterocycles. The molecule has 8 heteroatoms. The van der Waals surface area contributed by atoms with Gasteiger partial charge in [-0.15, -0.1) is 0 Å². The number of aliphatic hydroxyl groups excluding tert-OH is 1. The molecule has 1 saturated heterocycles. The quantitative estimate of drug-likeness (QED) is 0.874. The Hall–Kier alpha value is -2.61. The molecular weight excluding hydrogens is 338 g/mol. The van der Waals surface area contributed by atoms with Crippen molar-refractivity contribution in [1.82, 2.24) is 15.0 Å². The molecule has 1 atom stereocenters. The maximum atomic E-state index is 12.1. The van der Waals surface area contributed by atoms with Crippen molar-refractivity contribution in [3.05, 3.63) is 30.2 Å². The average Bonchev–Trinajstić information content (AvgIpc) is 3.01. The summed E-state index contributed by atoms with van der Waals surface area (Å²) in [5.74, 6) is 1.08. The third kappa shape index (κ3) is 4.32. The van der Waals surface area contributed by atoms with Crippen molar-refractivity contribution in [2.24, 2.45) is 0 Å². The number of hydrogen-bond acceptors (Lipinski definition) is 7. The zero-order valence-electron chi connectivity index (χ0n) is 15.1. The van der Waals surface area contributed by atoms with Crippen LogP contribution < -0.4 is 4.74 Å². The Labute approximate surface area is 151 Å². The van der Waals surface area contributed by atoms with Crippen LogP contribution in [0.25, 0.3) is 11.3 Å². The van der Waals surface area contributed by atoms with Crippen LogP contribution >= 0.6 is 0 Å². The van der Waals surface area contributed by atoms with E-state index in [0.717, 1.165) is 6.42 Å². The summed E-state index contributed by atoms with van der Waals surface area (Å²) in [6.45, 7) is 6.39. The lowest BCUT2D eigenvalue weighted by Crippen LogP contribution is -2.55. The first-order valence-corrected chi connectivity index (χ1v) is 8.50.